The highest BCUT2D eigenvalue weighted by Crippen LogP contribution is 2.23. The van der Waals surface area contributed by atoms with Gasteiger partial charge < -0.3 is 0 Å². The van der Waals surface area contributed by atoms with Crippen molar-refractivity contribution in [1.29, 1.82) is 0 Å². The number of nitrogens with zero attached hydrogens (tertiary/aromatic N) is 1. The van der Waals surface area contributed by atoms with Gasteiger partial charge in [0.25, 0.3) is 0 Å². The van der Waals surface area contributed by atoms with E-state index in [1.54, 1.807) is 0 Å². The second-order valence-corrected chi connectivity index (χ2v) is 4.79. The molecule has 0 radical (unpaired) electrons. The van der Waals surface area contributed by atoms with Gasteiger partial charge in [-0.2, -0.15) is 0 Å². The van der Waals surface area contributed by atoms with Crippen LogP contribution in [-0.4, -0.2) is 28.8 Å². The molecule has 1 saturated heterocycles. The van der Waals surface area contributed by atoms with Crippen molar-refractivity contribution >= 4 is 17.8 Å². The van der Waals surface area contributed by atoms with Gasteiger partial charge in [-0.3, -0.25) is 19.8 Å². The van der Waals surface area contributed by atoms with E-state index < -0.39 is 11.9 Å². The fourth-order valence-electron chi connectivity index (χ4n) is 2.62. The molecule has 94 valence electrons. The van der Waals surface area contributed by atoms with E-state index in [4.69, 9.17) is 0 Å². The average molecular weight is 238 g/mol. The number of carbonyl (C=O) groups excluding carboxylic acids is 3. The molecule has 5 heteroatoms. The van der Waals surface area contributed by atoms with Crippen molar-refractivity contribution in [3.05, 3.63) is 0 Å². The molecule has 0 atom stereocenters. The minimum Gasteiger partial charge on any atom is -0.277 e. The zero-order chi connectivity index (χ0) is 12.3. The van der Waals surface area contributed by atoms with E-state index in [-0.39, 0.29) is 18.4 Å². The minimum atomic E-state index is -0.531. The molecule has 1 aliphatic carbocycles. The lowest BCUT2D eigenvalue weighted by molar-refractivity contribution is -0.138. The van der Waals surface area contributed by atoms with Gasteiger partial charge in [0, 0.05) is 6.04 Å². The maximum atomic E-state index is 11.8. The van der Waals surface area contributed by atoms with E-state index >= 15 is 0 Å². The van der Waals surface area contributed by atoms with E-state index in [1.807, 2.05) is 0 Å². The SMILES string of the molecule is O=C1CC(=O)N(C2CCCCCCC2)C(=O)N1. The van der Waals surface area contributed by atoms with Gasteiger partial charge in [-0.05, 0) is 12.8 Å². The Morgan fingerprint density at radius 2 is 1.53 bits per heavy atom. The Morgan fingerprint density at radius 1 is 0.941 bits per heavy atom. The fourth-order valence-corrected chi connectivity index (χ4v) is 2.62. The summed E-state index contributed by atoms with van der Waals surface area (Å²) in [6, 6.07) is -0.548. The topological polar surface area (TPSA) is 66.5 Å². The Hall–Kier alpha value is -1.39. The molecule has 4 amide bonds. The van der Waals surface area contributed by atoms with Crippen LogP contribution in [0.1, 0.15) is 51.4 Å². The van der Waals surface area contributed by atoms with Crippen LogP contribution in [0.2, 0.25) is 0 Å². The quantitative estimate of drug-likeness (QED) is 0.705. The van der Waals surface area contributed by atoms with Crippen molar-refractivity contribution < 1.29 is 14.4 Å². The van der Waals surface area contributed by atoms with Crippen molar-refractivity contribution in [1.82, 2.24) is 10.2 Å². The number of nitrogens with one attached hydrogen (secondary N) is 1. The van der Waals surface area contributed by atoms with Crippen molar-refractivity contribution in [3.63, 3.8) is 0 Å². The number of rotatable bonds is 1. The summed E-state index contributed by atoms with van der Waals surface area (Å²) in [6.45, 7) is 0. The number of hydrogen-bond acceptors (Lipinski definition) is 3. The van der Waals surface area contributed by atoms with Gasteiger partial charge in [0.15, 0.2) is 0 Å². The van der Waals surface area contributed by atoms with Crippen LogP contribution < -0.4 is 5.32 Å². The Kier molecular flexibility index (Phi) is 3.76. The lowest BCUT2D eigenvalue weighted by Gasteiger charge is -2.33. The summed E-state index contributed by atoms with van der Waals surface area (Å²) in [5, 5.41) is 2.22. The largest absolute Gasteiger partial charge is 0.331 e. The third-order valence-electron chi connectivity index (χ3n) is 3.49. The van der Waals surface area contributed by atoms with Gasteiger partial charge in [-0.1, -0.05) is 32.1 Å². The van der Waals surface area contributed by atoms with E-state index in [0.717, 1.165) is 25.7 Å². The summed E-state index contributed by atoms with van der Waals surface area (Å²) in [4.78, 5) is 35.8. The first-order chi connectivity index (χ1) is 8.18. The molecule has 2 fully saturated rings. The summed E-state index contributed by atoms with van der Waals surface area (Å²) < 4.78 is 0. The molecule has 0 bridgehead atoms. The van der Waals surface area contributed by atoms with Crippen LogP contribution >= 0.6 is 0 Å². The summed E-state index contributed by atoms with van der Waals surface area (Å²) in [6.07, 6.45) is 7.22. The minimum absolute atomic E-state index is 0.0177. The molecule has 2 rings (SSSR count). The molecule has 0 aromatic rings. The molecule has 0 aromatic heterocycles. The summed E-state index contributed by atoms with van der Waals surface area (Å²) in [5.41, 5.74) is 0. The number of hydrogen-bond donors (Lipinski definition) is 1. The lowest BCUT2D eigenvalue weighted by Crippen LogP contribution is -2.56. The van der Waals surface area contributed by atoms with E-state index in [0.29, 0.717) is 0 Å². The van der Waals surface area contributed by atoms with Gasteiger partial charge in [-0.15, -0.1) is 0 Å². The standard InChI is InChI=1S/C12H18N2O3/c15-10-8-11(16)14(12(17)13-10)9-6-4-2-1-3-5-7-9/h9H,1-8H2,(H,13,15,17). The van der Waals surface area contributed by atoms with Crippen molar-refractivity contribution in [2.24, 2.45) is 0 Å². The molecule has 2 aliphatic rings. The normalized spacial score (nSPS) is 24.2. The van der Waals surface area contributed by atoms with Gasteiger partial charge >= 0.3 is 6.03 Å². The highest BCUT2D eigenvalue weighted by atomic mass is 16.2. The molecular formula is C12H18N2O3. The predicted molar refractivity (Wildman–Crippen MR) is 61.1 cm³/mol. The van der Waals surface area contributed by atoms with Crippen LogP contribution in [0.4, 0.5) is 4.79 Å². The third kappa shape index (κ3) is 2.84. The van der Waals surface area contributed by atoms with Crippen LogP contribution in [0.3, 0.4) is 0 Å². The first-order valence-electron chi connectivity index (χ1n) is 6.34. The molecule has 0 unspecified atom stereocenters. The molecule has 0 aromatic carbocycles. The second kappa shape index (κ2) is 5.29. The van der Waals surface area contributed by atoms with E-state index in [1.165, 1.54) is 24.2 Å². The van der Waals surface area contributed by atoms with Crippen LogP contribution in [0.5, 0.6) is 0 Å². The van der Waals surface area contributed by atoms with Crippen LogP contribution in [0.15, 0.2) is 0 Å². The smallest absolute Gasteiger partial charge is 0.277 e. The highest BCUT2D eigenvalue weighted by molar-refractivity contribution is 6.14. The monoisotopic (exact) mass is 238 g/mol. The number of imide groups is 2. The predicted octanol–water partition coefficient (Wildman–Crippen LogP) is 1.57. The van der Waals surface area contributed by atoms with E-state index in [9.17, 15) is 14.4 Å². The molecule has 17 heavy (non-hydrogen) atoms. The van der Waals surface area contributed by atoms with Gasteiger partial charge in [0.2, 0.25) is 11.8 Å². The van der Waals surface area contributed by atoms with Crippen LogP contribution in [-0.2, 0) is 9.59 Å². The van der Waals surface area contributed by atoms with Crippen LogP contribution in [0, 0.1) is 0 Å². The molecule has 0 spiro atoms. The number of urea groups is 1. The second-order valence-electron chi connectivity index (χ2n) is 4.79. The number of carbonyl (C=O) groups is 3. The Morgan fingerprint density at radius 3 is 2.12 bits per heavy atom. The Balaban J connectivity index is 2.05. The first-order valence-corrected chi connectivity index (χ1v) is 6.34. The zero-order valence-corrected chi connectivity index (χ0v) is 9.91. The molecule has 1 saturated carbocycles. The van der Waals surface area contributed by atoms with Gasteiger partial charge in [0.1, 0.15) is 6.42 Å². The molecule has 1 N–H and O–H groups in total. The molecule has 5 nitrogen and oxygen atoms in total. The fraction of sp³-hybridized carbons (Fsp3) is 0.750. The summed E-state index contributed by atoms with van der Waals surface area (Å²) in [7, 11) is 0. The maximum absolute atomic E-state index is 11.8. The maximum Gasteiger partial charge on any atom is 0.331 e. The average Bonchev–Trinajstić information content (AvgIpc) is 2.19. The van der Waals surface area contributed by atoms with Gasteiger partial charge in [-0.25, -0.2) is 4.79 Å². The van der Waals surface area contributed by atoms with Crippen molar-refractivity contribution in [2.75, 3.05) is 0 Å². The zero-order valence-electron chi connectivity index (χ0n) is 9.91. The van der Waals surface area contributed by atoms with E-state index in [2.05, 4.69) is 5.32 Å². The summed E-state index contributed by atoms with van der Waals surface area (Å²) in [5.74, 6) is -0.827. The molecular weight excluding hydrogens is 220 g/mol. The highest BCUT2D eigenvalue weighted by Gasteiger charge is 2.35. The molecule has 1 aliphatic heterocycles. The lowest BCUT2D eigenvalue weighted by atomic mass is 9.95. The number of barbiturate groups is 1. The Labute approximate surface area is 101 Å². The van der Waals surface area contributed by atoms with Crippen LogP contribution in [0.25, 0.3) is 0 Å². The summed E-state index contributed by atoms with van der Waals surface area (Å²) >= 11 is 0. The Bertz CT molecular complexity index is 313. The third-order valence-corrected chi connectivity index (χ3v) is 3.49. The molecule has 1 heterocycles. The van der Waals surface area contributed by atoms with Crippen molar-refractivity contribution in [3.8, 4) is 0 Å². The first kappa shape index (κ1) is 12.1. The van der Waals surface area contributed by atoms with Crippen molar-refractivity contribution in [2.45, 2.75) is 57.4 Å². The number of amides is 4. The van der Waals surface area contributed by atoms with Gasteiger partial charge in [0.05, 0.1) is 0 Å².